The Bertz CT molecular complexity index is 351. The van der Waals surface area contributed by atoms with Crippen LogP contribution in [-0.2, 0) is 10.0 Å². The summed E-state index contributed by atoms with van der Waals surface area (Å²) in [5.41, 5.74) is 5.45. The summed E-state index contributed by atoms with van der Waals surface area (Å²) in [6.07, 6.45) is 1.13. The van der Waals surface area contributed by atoms with E-state index in [0.29, 0.717) is 42.8 Å². The molecule has 0 saturated heterocycles. The van der Waals surface area contributed by atoms with Gasteiger partial charge in [0.1, 0.15) is 0 Å². The Labute approximate surface area is 117 Å². The van der Waals surface area contributed by atoms with Crippen LogP contribution in [0.15, 0.2) is 0 Å². The number of hydrogen-bond donors (Lipinski definition) is 1. The minimum absolute atomic E-state index is 0.203. The third-order valence-corrected chi connectivity index (χ3v) is 4.60. The molecule has 0 atom stereocenters. The van der Waals surface area contributed by atoms with Crippen LogP contribution in [0, 0.1) is 11.8 Å². The zero-order valence-electron chi connectivity index (χ0n) is 11.8. The maximum absolute atomic E-state index is 12.2. The summed E-state index contributed by atoms with van der Waals surface area (Å²) in [6.45, 7) is 8.99. The molecule has 0 aromatic carbocycles. The summed E-state index contributed by atoms with van der Waals surface area (Å²) in [6, 6.07) is 0. The van der Waals surface area contributed by atoms with Crippen LogP contribution in [0.25, 0.3) is 0 Å². The van der Waals surface area contributed by atoms with E-state index in [0.717, 1.165) is 0 Å². The van der Waals surface area contributed by atoms with Crippen molar-refractivity contribution >= 4 is 27.2 Å². The number of nitrogens with two attached hydrogens (primary N) is 1. The summed E-state index contributed by atoms with van der Waals surface area (Å²) in [4.78, 5) is 0.364. The lowest BCUT2D eigenvalue weighted by Crippen LogP contribution is -2.38. The van der Waals surface area contributed by atoms with Gasteiger partial charge in [0.05, 0.1) is 10.7 Å². The van der Waals surface area contributed by atoms with Crippen LogP contribution in [0.1, 0.15) is 40.5 Å². The van der Waals surface area contributed by atoms with E-state index >= 15 is 0 Å². The number of sulfonamides is 1. The van der Waals surface area contributed by atoms with Gasteiger partial charge in [-0.15, -0.1) is 0 Å². The van der Waals surface area contributed by atoms with Crippen LogP contribution in [0.5, 0.6) is 0 Å². The molecule has 0 aromatic heterocycles. The van der Waals surface area contributed by atoms with Crippen LogP contribution < -0.4 is 5.73 Å². The van der Waals surface area contributed by atoms with Gasteiger partial charge in [-0.1, -0.05) is 39.9 Å². The molecule has 0 aliphatic carbocycles. The number of rotatable bonds is 9. The molecule has 0 aliphatic rings. The van der Waals surface area contributed by atoms with E-state index in [2.05, 4.69) is 0 Å². The lowest BCUT2D eigenvalue weighted by Gasteiger charge is -2.24. The molecule has 0 bridgehead atoms. The lowest BCUT2D eigenvalue weighted by molar-refractivity contribution is 0.373. The Kier molecular flexibility index (Phi) is 7.98. The topological polar surface area (TPSA) is 63.4 Å². The molecule has 0 spiro atoms. The predicted molar refractivity (Wildman–Crippen MR) is 81.1 cm³/mol. The fourth-order valence-electron chi connectivity index (χ4n) is 1.50. The maximum Gasteiger partial charge on any atom is 0.214 e. The summed E-state index contributed by atoms with van der Waals surface area (Å²) >= 11 is 4.81. The summed E-state index contributed by atoms with van der Waals surface area (Å²) in [7, 11) is -3.19. The fraction of sp³-hybridized carbons (Fsp3) is 0.917. The van der Waals surface area contributed by atoms with Gasteiger partial charge in [0.15, 0.2) is 0 Å². The molecular formula is C12H26N2O2S2. The molecule has 108 valence electrons. The normalized spacial score (nSPS) is 12.6. The van der Waals surface area contributed by atoms with Gasteiger partial charge in [0.2, 0.25) is 10.0 Å². The van der Waals surface area contributed by atoms with E-state index in [9.17, 15) is 8.42 Å². The molecule has 0 amide bonds. The maximum atomic E-state index is 12.2. The van der Waals surface area contributed by atoms with Crippen LogP contribution in [0.2, 0.25) is 0 Å². The SMILES string of the molecule is CC(C)CCS(=O)(=O)N(CCC(N)=S)CC(C)C. The van der Waals surface area contributed by atoms with Crippen molar-refractivity contribution in [2.45, 2.75) is 40.5 Å². The predicted octanol–water partition coefficient (Wildman–Crippen LogP) is 2.00. The Balaban J connectivity index is 4.65. The Morgan fingerprint density at radius 1 is 1.22 bits per heavy atom. The molecule has 6 heteroatoms. The van der Waals surface area contributed by atoms with Crippen molar-refractivity contribution in [2.75, 3.05) is 18.8 Å². The standard InChI is InChI=1S/C12H26N2O2S2/c1-10(2)6-8-18(15,16)14(9-11(3)4)7-5-12(13)17/h10-11H,5-9H2,1-4H3,(H2,13,17). The highest BCUT2D eigenvalue weighted by atomic mass is 32.2. The third-order valence-electron chi connectivity index (χ3n) is 2.52. The van der Waals surface area contributed by atoms with Gasteiger partial charge in [-0.3, -0.25) is 0 Å². The van der Waals surface area contributed by atoms with E-state index in [1.54, 1.807) is 0 Å². The molecule has 2 N–H and O–H groups in total. The van der Waals surface area contributed by atoms with Gasteiger partial charge in [-0.05, 0) is 18.3 Å². The summed E-state index contributed by atoms with van der Waals surface area (Å²) in [5.74, 6) is 0.885. The van der Waals surface area contributed by atoms with Crippen LogP contribution in [-0.4, -0.2) is 36.6 Å². The van der Waals surface area contributed by atoms with E-state index < -0.39 is 10.0 Å². The van der Waals surface area contributed by atoms with E-state index in [1.165, 1.54) is 4.31 Å². The number of nitrogens with zero attached hydrogens (tertiary/aromatic N) is 1. The van der Waals surface area contributed by atoms with Gasteiger partial charge >= 0.3 is 0 Å². The molecule has 0 rings (SSSR count). The van der Waals surface area contributed by atoms with Crippen molar-refractivity contribution in [3.8, 4) is 0 Å². The number of hydrogen-bond acceptors (Lipinski definition) is 3. The Hall–Kier alpha value is -0.200. The second kappa shape index (κ2) is 8.07. The molecule has 0 saturated carbocycles. The summed E-state index contributed by atoms with van der Waals surface area (Å²) in [5, 5.41) is 0. The Morgan fingerprint density at radius 3 is 2.17 bits per heavy atom. The third kappa shape index (κ3) is 8.00. The van der Waals surface area contributed by atoms with Gasteiger partial charge in [0, 0.05) is 19.5 Å². The van der Waals surface area contributed by atoms with Crippen molar-refractivity contribution in [1.82, 2.24) is 4.31 Å². The van der Waals surface area contributed by atoms with Crippen molar-refractivity contribution in [3.05, 3.63) is 0 Å². The van der Waals surface area contributed by atoms with E-state index in [4.69, 9.17) is 18.0 Å². The second-order valence-corrected chi connectivity index (χ2v) is 8.08. The minimum Gasteiger partial charge on any atom is -0.393 e. The second-order valence-electron chi connectivity index (χ2n) is 5.47. The smallest absolute Gasteiger partial charge is 0.214 e. The van der Waals surface area contributed by atoms with Gasteiger partial charge in [0.25, 0.3) is 0 Å². The first-order valence-corrected chi connectivity index (χ1v) is 8.43. The van der Waals surface area contributed by atoms with Crippen molar-refractivity contribution < 1.29 is 8.42 Å². The molecule has 4 nitrogen and oxygen atoms in total. The zero-order valence-corrected chi connectivity index (χ0v) is 13.5. The molecule has 0 unspecified atom stereocenters. The summed E-state index contributed by atoms with van der Waals surface area (Å²) < 4.78 is 26.0. The first-order valence-electron chi connectivity index (χ1n) is 6.41. The van der Waals surface area contributed by atoms with Gasteiger partial charge in [-0.2, -0.15) is 0 Å². The van der Waals surface area contributed by atoms with Gasteiger partial charge < -0.3 is 5.73 Å². The molecule has 0 aromatic rings. The van der Waals surface area contributed by atoms with Gasteiger partial charge in [-0.25, -0.2) is 12.7 Å². The van der Waals surface area contributed by atoms with Crippen LogP contribution in [0.4, 0.5) is 0 Å². The zero-order chi connectivity index (χ0) is 14.3. The van der Waals surface area contributed by atoms with E-state index in [1.807, 2.05) is 27.7 Å². The lowest BCUT2D eigenvalue weighted by atomic mass is 10.2. The van der Waals surface area contributed by atoms with E-state index in [-0.39, 0.29) is 5.75 Å². The average Bonchev–Trinajstić information content (AvgIpc) is 2.20. The molecule has 0 radical (unpaired) electrons. The molecule has 0 fully saturated rings. The highest BCUT2D eigenvalue weighted by Gasteiger charge is 2.22. The van der Waals surface area contributed by atoms with Crippen molar-refractivity contribution in [2.24, 2.45) is 17.6 Å². The first kappa shape index (κ1) is 17.8. The van der Waals surface area contributed by atoms with Crippen molar-refractivity contribution in [3.63, 3.8) is 0 Å². The highest BCUT2D eigenvalue weighted by molar-refractivity contribution is 7.89. The van der Waals surface area contributed by atoms with Crippen LogP contribution >= 0.6 is 12.2 Å². The van der Waals surface area contributed by atoms with Crippen molar-refractivity contribution in [1.29, 1.82) is 0 Å². The van der Waals surface area contributed by atoms with Crippen LogP contribution in [0.3, 0.4) is 0 Å². The monoisotopic (exact) mass is 294 g/mol. The highest BCUT2D eigenvalue weighted by Crippen LogP contribution is 2.11. The Morgan fingerprint density at radius 2 is 1.78 bits per heavy atom. The fourth-order valence-corrected chi connectivity index (χ4v) is 3.51. The quantitative estimate of drug-likeness (QED) is 0.661. The molecule has 18 heavy (non-hydrogen) atoms. The first-order chi connectivity index (χ1) is 8.15. The molecule has 0 heterocycles. The molecule has 0 aliphatic heterocycles. The number of thiocarbonyl (C=S) groups is 1. The minimum atomic E-state index is -3.19. The average molecular weight is 294 g/mol. The largest absolute Gasteiger partial charge is 0.393 e. The molecular weight excluding hydrogens is 268 g/mol.